The van der Waals surface area contributed by atoms with Crippen molar-refractivity contribution in [3.05, 3.63) is 89.2 Å². The first-order chi connectivity index (χ1) is 15.5. The van der Waals surface area contributed by atoms with Gasteiger partial charge in [-0.1, -0.05) is 42.5 Å². The Morgan fingerprint density at radius 1 is 1.00 bits per heavy atom. The molecular weight excluding hydrogens is 429 g/mol. The van der Waals surface area contributed by atoms with Crippen molar-refractivity contribution < 1.29 is 22.3 Å². The van der Waals surface area contributed by atoms with Gasteiger partial charge in [0, 0.05) is 24.6 Å². The lowest BCUT2D eigenvalue weighted by atomic mass is 10.00. The number of sulfonamides is 1. The molecule has 5 nitrogen and oxygen atoms in total. The summed E-state index contributed by atoms with van der Waals surface area (Å²) in [5.41, 5.74) is 2.78. The Morgan fingerprint density at radius 2 is 1.81 bits per heavy atom. The van der Waals surface area contributed by atoms with Crippen LogP contribution in [-0.4, -0.2) is 21.2 Å². The maximum Gasteiger partial charge on any atom is 0.264 e. The summed E-state index contributed by atoms with van der Waals surface area (Å²) in [5.74, 6) is -0.0732. The molecule has 0 spiro atoms. The fourth-order valence-corrected chi connectivity index (χ4v) is 5.56. The number of nitrogens with zero attached hydrogens (tertiary/aromatic N) is 1. The van der Waals surface area contributed by atoms with Gasteiger partial charge in [0.25, 0.3) is 10.0 Å². The normalized spacial score (nSPS) is 13.5. The number of benzene rings is 3. The van der Waals surface area contributed by atoms with E-state index in [9.17, 15) is 17.6 Å². The van der Waals surface area contributed by atoms with E-state index >= 15 is 0 Å². The van der Waals surface area contributed by atoms with Gasteiger partial charge in [-0.05, 0) is 48.6 Å². The van der Waals surface area contributed by atoms with Gasteiger partial charge in [0.05, 0.1) is 10.6 Å². The van der Waals surface area contributed by atoms with Crippen LogP contribution in [0, 0.1) is 5.82 Å². The van der Waals surface area contributed by atoms with E-state index < -0.39 is 15.8 Å². The Morgan fingerprint density at radius 3 is 2.56 bits per heavy atom. The molecule has 7 heteroatoms. The van der Waals surface area contributed by atoms with Crippen LogP contribution in [0.1, 0.15) is 29.5 Å². The number of anilines is 1. The summed E-state index contributed by atoms with van der Waals surface area (Å²) in [6.07, 6.45) is 2.88. The van der Waals surface area contributed by atoms with Crippen LogP contribution in [-0.2, 0) is 34.3 Å². The number of carbonyl (C=O) groups excluding carboxylic acids is 1. The lowest BCUT2D eigenvalue weighted by molar-refractivity contribution is -0.107. The van der Waals surface area contributed by atoms with E-state index in [4.69, 9.17) is 4.74 Å². The number of halogens is 1. The predicted octanol–water partition coefficient (Wildman–Crippen LogP) is 4.68. The number of carbonyl (C=O) groups is 1. The van der Waals surface area contributed by atoms with E-state index in [1.165, 1.54) is 10.4 Å². The molecule has 0 bridgehead atoms. The van der Waals surface area contributed by atoms with Gasteiger partial charge in [0.15, 0.2) is 0 Å². The molecule has 1 aliphatic heterocycles. The average Bonchev–Trinajstić information content (AvgIpc) is 2.82. The van der Waals surface area contributed by atoms with Crippen molar-refractivity contribution in [2.45, 2.75) is 37.2 Å². The molecule has 0 aromatic heterocycles. The van der Waals surface area contributed by atoms with Gasteiger partial charge in [-0.2, -0.15) is 0 Å². The molecule has 0 saturated heterocycles. The van der Waals surface area contributed by atoms with Crippen molar-refractivity contribution in [3.63, 3.8) is 0 Å². The summed E-state index contributed by atoms with van der Waals surface area (Å²) in [4.78, 5) is 10.8. The van der Waals surface area contributed by atoms with Crippen LogP contribution in [0.2, 0.25) is 0 Å². The molecule has 0 amide bonds. The molecule has 0 unspecified atom stereocenters. The summed E-state index contributed by atoms with van der Waals surface area (Å²) in [6, 6.07) is 18.6. The molecule has 0 saturated carbocycles. The molecule has 0 atom stereocenters. The number of aldehydes is 1. The number of aryl methyl sites for hydroxylation is 2. The first-order valence-electron chi connectivity index (χ1n) is 10.5. The minimum atomic E-state index is -3.71. The standard InChI is InChI=1S/C25H24FNO4S/c26-24-17-22(14-13-19(24)10-6-16-28)31-18-21-8-4-7-20-9-5-15-27(25(20)21)32(29,30)23-11-2-1-3-12-23/h1-4,7-8,11-14,16-17H,5-6,9-10,15,18H2. The molecule has 3 aromatic carbocycles. The van der Waals surface area contributed by atoms with E-state index in [0.717, 1.165) is 30.3 Å². The number of ether oxygens (including phenoxy) is 1. The fraction of sp³-hybridized carbons (Fsp3) is 0.240. The summed E-state index contributed by atoms with van der Waals surface area (Å²) < 4.78 is 48.3. The van der Waals surface area contributed by atoms with Gasteiger partial charge in [-0.15, -0.1) is 0 Å². The van der Waals surface area contributed by atoms with Crippen LogP contribution in [0.15, 0.2) is 71.6 Å². The lowest BCUT2D eigenvalue weighted by Gasteiger charge is -2.32. The van der Waals surface area contributed by atoms with Crippen molar-refractivity contribution in [2.24, 2.45) is 0 Å². The maximum atomic E-state index is 14.3. The highest BCUT2D eigenvalue weighted by molar-refractivity contribution is 7.92. The monoisotopic (exact) mass is 453 g/mol. The zero-order valence-electron chi connectivity index (χ0n) is 17.5. The topological polar surface area (TPSA) is 63.7 Å². The summed E-state index contributed by atoms with van der Waals surface area (Å²) in [7, 11) is -3.71. The quantitative estimate of drug-likeness (QED) is 0.465. The van der Waals surface area contributed by atoms with Gasteiger partial charge >= 0.3 is 0 Å². The lowest BCUT2D eigenvalue weighted by Crippen LogP contribution is -2.36. The van der Waals surface area contributed by atoms with E-state index in [1.54, 1.807) is 42.5 Å². The van der Waals surface area contributed by atoms with Crippen molar-refractivity contribution >= 4 is 22.0 Å². The second-order valence-corrected chi connectivity index (χ2v) is 9.53. The average molecular weight is 454 g/mol. The van der Waals surface area contributed by atoms with Crippen molar-refractivity contribution in [1.29, 1.82) is 0 Å². The predicted molar refractivity (Wildman–Crippen MR) is 121 cm³/mol. The number of hydrogen-bond donors (Lipinski definition) is 0. The Bertz CT molecular complexity index is 1210. The minimum Gasteiger partial charge on any atom is -0.489 e. The van der Waals surface area contributed by atoms with Gasteiger partial charge < -0.3 is 9.53 Å². The van der Waals surface area contributed by atoms with Gasteiger partial charge in [-0.25, -0.2) is 12.8 Å². The molecular formula is C25H24FNO4S. The van der Waals surface area contributed by atoms with E-state index in [2.05, 4.69) is 0 Å². The Hall–Kier alpha value is -3.19. The highest BCUT2D eigenvalue weighted by Gasteiger charge is 2.31. The Balaban J connectivity index is 1.61. The van der Waals surface area contributed by atoms with Crippen molar-refractivity contribution in [3.8, 4) is 5.75 Å². The number of hydrogen-bond acceptors (Lipinski definition) is 4. The van der Waals surface area contributed by atoms with E-state index in [-0.39, 0.29) is 17.9 Å². The second kappa shape index (κ2) is 9.53. The van der Waals surface area contributed by atoms with Crippen LogP contribution in [0.5, 0.6) is 5.75 Å². The fourth-order valence-electron chi connectivity index (χ4n) is 3.96. The molecule has 0 fully saturated rings. The summed E-state index contributed by atoms with van der Waals surface area (Å²) in [5, 5.41) is 0. The molecule has 3 aromatic rings. The third-order valence-electron chi connectivity index (χ3n) is 5.54. The molecule has 0 N–H and O–H groups in total. The van der Waals surface area contributed by atoms with Crippen molar-refractivity contribution in [1.82, 2.24) is 0 Å². The van der Waals surface area contributed by atoms with Gasteiger partial charge in [0.1, 0.15) is 24.5 Å². The van der Waals surface area contributed by atoms with Crippen LogP contribution >= 0.6 is 0 Å². The first kappa shape index (κ1) is 22.0. The highest BCUT2D eigenvalue weighted by atomic mass is 32.2. The van der Waals surface area contributed by atoms with Crippen LogP contribution in [0.4, 0.5) is 10.1 Å². The molecule has 4 rings (SSSR count). The number of fused-ring (bicyclic) bond motifs is 1. The Kier molecular flexibility index (Phi) is 6.55. The smallest absolute Gasteiger partial charge is 0.264 e. The zero-order chi connectivity index (χ0) is 22.6. The third kappa shape index (κ3) is 4.53. The van der Waals surface area contributed by atoms with E-state index in [1.807, 2.05) is 18.2 Å². The third-order valence-corrected chi connectivity index (χ3v) is 7.35. The molecule has 166 valence electrons. The largest absolute Gasteiger partial charge is 0.489 e. The van der Waals surface area contributed by atoms with Crippen LogP contribution in [0.3, 0.4) is 0 Å². The second-order valence-electron chi connectivity index (χ2n) is 7.67. The summed E-state index contributed by atoms with van der Waals surface area (Å²) in [6.45, 7) is 0.498. The number of para-hydroxylation sites is 1. The highest BCUT2D eigenvalue weighted by Crippen LogP contribution is 2.35. The van der Waals surface area contributed by atoms with Crippen molar-refractivity contribution in [2.75, 3.05) is 10.8 Å². The SMILES string of the molecule is O=CCCc1ccc(OCc2cccc3c2N(S(=O)(=O)c2ccccc2)CCC3)cc1F. The molecule has 32 heavy (non-hydrogen) atoms. The van der Waals surface area contributed by atoms with Gasteiger partial charge in [0.2, 0.25) is 0 Å². The maximum absolute atomic E-state index is 14.3. The van der Waals surface area contributed by atoms with Crippen LogP contribution in [0.25, 0.3) is 0 Å². The number of rotatable bonds is 8. The Labute approximate surface area is 187 Å². The molecule has 0 radical (unpaired) electrons. The summed E-state index contributed by atoms with van der Waals surface area (Å²) >= 11 is 0. The molecule has 1 heterocycles. The zero-order valence-corrected chi connectivity index (χ0v) is 18.4. The first-order valence-corrected chi connectivity index (χ1v) is 12.0. The van der Waals surface area contributed by atoms with Crippen LogP contribution < -0.4 is 9.04 Å². The van der Waals surface area contributed by atoms with Gasteiger partial charge in [-0.3, -0.25) is 4.31 Å². The molecule has 1 aliphatic rings. The molecule has 0 aliphatic carbocycles. The minimum absolute atomic E-state index is 0.108. The van der Waals surface area contributed by atoms with E-state index in [0.29, 0.717) is 30.0 Å².